The van der Waals surface area contributed by atoms with Crippen LogP contribution in [0, 0.1) is 6.92 Å². The van der Waals surface area contributed by atoms with Crippen LogP contribution in [-0.2, 0) is 7.05 Å². The van der Waals surface area contributed by atoms with E-state index in [1.54, 1.807) is 7.11 Å². The van der Waals surface area contributed by atoms with Crippen LogP contribution in [0.3, 0.4) is 0 Å². The molecule has 162 valence electrons. The maximum atomic E-state index is 5.45. The maximum Gasteiger partial charge on any atom is 0.136 e. The number of aromatic nitrogens is 2. The van der Waals surface area contributed by atoms with Crippen molar-refractivity contribution >= 4 is 52.4 Å². The summed E-state index contributed by atoms with van der Waals surface area (Å²) in [5.41, 5.74) is 3.63. The van der Waals surface area contributed by atoms with Gasteiger partial charge in [-0.25, -0.2) is 4.98 Å². The first-order valence-electron chi connectivity index (χ1n) is 9.98. The van der Waals surface area contributed by atoms with Crippen LogP contribution in [0.1, 0.15) is 32.3 Å². The molecule has 0 aliphatic carbocycles. The number of pyridine rings is 1. The summed E-state index contributed by atoms with van der Waals surface area (Å²) in [5.74, 6) is 1.85. The van der Waals surface area contributed by atoms with Crippen molar-refractivity contribution in [2.75, 3.05) is 38.6 Å². The van der Waals surface area contributed by atoms with Crippen LogP contribution in [-0.4, -0.2) is 47.7 Å². The lowest BCUT2D eigenvalue weighted by Gasteiger charge is -2.17. The van der Waals surface area contributed by atoms with Gasteiger partial charge in [0.2, 0.25) is 0 Å². The molecule has 0 unspecified atom stereocenters. The molecule has 2 heterocycles. The van der Waals surface area contributed by atoms with Crippen LogP contribution < -0.4 is 10.1 Å². The Kier molecular flexibility index (Phi) is 10.0. The molecular formula is C22H34Cl2N4O. The SMILES string of the molecule is CCN(CC)CCCCNc1ncc(C)c2c1c1cc(OC)ccc1n2C.Cl.Cl. The van der Waals surface area contributed by atoms with E-state index in [1.165, 1.54) is 33.8 Å². The lowest BCUT2D eigenvalue weighted by Crippen LogP contribution is -2.24. The molecule has 2 aromatic heterocycles. The van der Waals surface area contributed by atoms with E-state index in [4.69, 9.17) is 9.72 Å². The molecule has 0 spiro atoms. The van der Waals surface area contributed by atoms with Gasteiger partial charge in [-0.3, -0.25) is 0 Å². The number of rotatable bonds is 9. The van der Waals surface area contributed by atoms with Crippen LogP contribution in [0.4, 0.5) is 5.82 Å². The van der Waals surface area contributed by atoms with Gasteiger partial charge in [0.25, 0.3) is 0 Å². The molecule has 0 aliphatic heterocycles. The van der Waals surface area contributed by atoms with Gasteiger partial charge in [0.05, 0.1) is 18.0 Å². The van der Waals surface area contributed by atoms with Crippen molar-refractivity contribution in [2.24, 2.45) is 7.05 Å². The number of aryl methyl sites for hydroxylation is 2. The van der Waals surface area contributed by atoms with E-state index < -0.39 is 0 Å². The fourth-order valence-corrected chi connectivity index (χ4v) is 3.88. The summed E-state index contributed by atoms with van der Waals surface area (Å²) in [7, 11) is 3.84. The highest BCUT2D eigenvalue weighted by atomic mass is 35.5. The number of anilines is 1. The summed E-state index contributed by atoms with van der Waals surface area (Å²) in [4.78, 5) is 7.19. The summed E-state index contributed by atoms with van der Waals surface area (Å²) in [6.07, 6.45) is 4.31. The van der Waals surface area contributed by atoms with E-state index in [2.05, 4.69) is 54.7 Å². The van der Waals surface area contributed by atoms with Gasteiger partial charge < -0.3 is 19.5 Å². The summed E-state index contributed by atoms with van der Waals surface area (Å²) < 4.78 is 7.71. The Morgan fingerprint density at radius 2 is 1.86 bits per heavy atom. The quantitative estimate of drug-likeness (QED) is 0.450. The molecule has 3 rings (SSSR count). The topological polar surface area (TPSA) is 42.3 Å². The molecule has 1 N–H and O–H groups in total. The third-order valence-corrected chi connectivity index (χ3v) is 5.49. The normalized spacial score (nSPS) is 10.8. The number of ether oxygens (including phenoxy) is 1. The van der Waals surface area contributed by atoms with Gasteiger partial charge in [0.15, 0.2) is 0 Å². The van der Waals surface area contributed by atoms with Crippen molar-refractivity contribution in [1.82, 2.24) is 14.5 Å². The zero-order chi connectivity index (χ0) is 19.4. The highest BCUT2D eigenvalue weighted by molar-refractivity contribution is 6.14. The Bertz CT molecular complexity index is 922. The largest absolute Gasteiger partial charge is 0.497 e. The molecule has 0 bridgehead atoms. The maximum absolute atomic E-state index is 5.45. The summed E-state index contributed by atoms with van der Waals surface area (Å²) in [5, 5.41) is 5.96. The third kappa shape index (κ3) is 5.27. The lowest BCUT2D eigenvalue weighted by molar-refractivity contribution is 0.298. The van der Waals surface area contributed by atoms with Crippen LogP contribution in [0.2, 0.25) is 0 Å². The Morgan fingerprint density at radius 3 is 2.52 bits per heavy atom. The molecule has 0 aliphatic rings. The molecule has 7 heteroatoms. The lowest BCUT2D eigenvalue weighted by atomic mass is 10.1. The molecule has 0 amide bonds. The number of hydrogen-bond acceptors (Lipinski definition) is 4. The minimum absolute atomic E-state index is 0. The monoisotopic (exact) mass is 440 g/mol. The minimum atomic E-state index is 0. The molecule has 3 aromatic rings. The molecule has 5 nitrogen and oxygen atoms in total. The van der Waals surface area contributed by atoms with E-state index in [-0.39, 0.29) is 24.8 Å². The number of nitrogens with zero attached hydrogens (tertiary/aromatic N) is 3. The van der Waals surface area contributed by atoms with Crippen LogP contribution in [0.25, 0.3) is 21.8 Å². The summed E-state index contributed by atoms with van der Waals surface area (Å²) in [6, 6.07) is 6.26. The van der Waals surface area contributed by atoms with Gasteiger partial charge >= 0.3 is 0 Å². The van der Waals surface area contributed by atoms with Crippen LogP contribution >= 0.6 is 24.8 Å². The van der Waals surface area contributed by atoms with E-state index in [0.717, 1.165) is 44.2 Å². The number of benzene rings is 1. The number of fused-ring (bicyclic) bond motifs is 3. The third-order valence-electron chi connectivity index (χ3n) is 5.49. The molecule has 0 radical (unpaired) electrons. The minimum Gasteiger partial charge on any atom is -0.497 e. The molecule has 0 atom stereocenters. The zero-order valence-electron chi connectivity index (χ0n) is 18.1. The van der Waals surface area contributed by atoms with Gasteiger partial charge in [-0.1, -0.05) is 13.8 Å². The first-order chi connectivity index (χ1) is 13.1. The molecule has 0 saturated carbocycles. The Morgan fingerprint density at radius 1 is 1.14 bits per heavy atom. The molecule has 0 saturated heterocycles. The van der Waals surface area contributed by atoms with Crippen LogP contribution in [0.5, 0.6) is 5.75 Å². The smallest absolute Gasteiger partial charge is 0.136 e. The summed E-state index contributed by atoms with van der Waals surface area (Å²) in [6.45, 7) is 10.9. The molecular weight excluding hydrogens is 407 g/mol. The standard InChI is InChI=1S/C22H32N4O.2ClH/c1-6-26(7-2)13-9-8-12-23-22-20-18-14-17(27-5)10-11-19(18)25(4)21(20)16(3)15-24-22;;/h10-11,14-15H,6-9,12-13H2,1-5H3,(H,23,24);2*1H. The first-order valence-corrected chi connectivity index (χ1v) is 9.98. The second-order valence-electron chi connectivity index (χ2n) is 7.12. The van der Waals surface area contributed by atoms with Crippen molar-refractivity contribution in [1.29, 1.82) is 0 Å². The van der Waals surface area contributed by atoms with Gasteiger partial charge in [-0.05, 0) is 63.2 Å². The second kappa shape index (κ2) is 11.5. The fraction of sp³-hybridized carbons (Fsp3) is 0.500. The van der Waals surface area contributed by atoms with Crippen molar-refractivity contribution in [3.8, 4) is 5.75 Å². The molecule has 29 heavy (non-hydrogen) atoms. The number of halogens is 2. The average Bonchev–Trinajstić information content (AvgIpc) is 2.99. The first kappa shape index (κ1) is 25.3. The van der Waals surface area contributed by atoms with Crippen LogP contribution in [0.15, 0.2) is 24.4 Å². The highest BCUT2D eigenvalue weighted by Gasteiger charge is 2.15. The summed E-state index contributed by atoms with van der Waals surface area (Å²) >= 11 is 0. The Labute approximate surface area is 186 Å². The number of hydrogen-bond donors (Lipinski definition) is 1. The van der Waals surface area contributed by atoms with Crippen molar-refractivity contribution in [2.45, 2.75) is 33.6 Å². The number of unbranched alkanes of at least 4 members (excludes halogenated alkanes) is 1. The molecule has 0 fully saturated rings. The van der Waals surface area contributed by atoms with E-state index >= 15 is 0 Å². The second-order valence-corrected chi connectivity index (χ2v) is 7.12. The van der Waals surface area contributed by atoms with Gasteiger partial charge in [0, 0.05) is 30.7 Å². The van der Waals surface area contributed by atoms with Crippen molar-refractivity contribution < 1.29 is 4.74 Å². The fourth-order valence-electron chi connectivity index (χ4n) is 3.88. The highest BCUT2D eigenvalue weighted by Crippen LogP contribution is 2.36. The number of nitrogens with one attached hydrogen (secondary N) is 1. The Hall–Kier alpha value is -1.69. The zero-order valence-corrected chi connectivity index (χ0v) is 19.8. The van der Waals surface area contributed by atoms with E-state index in [0.29, 0.717) is 0 Å². The Balaban J connectivity index is 0.00000210. The van der Waals surface area contributed by atoms with Crippen molar-refractivity contribution in [3.05, 3.63) is 30.0 Å². The average molecular weight is 441 g/mol. The predicted octanol–water partition coefficient (Wildman–Crippen LogP) is 5.42. The van der Waals surface area contributed by atoms with Gasteiger partial charge in [-0.15, -0.1) is 24.8 Å². The number of methoxy groups -OCH3 is 1. The van der Waals surface area contributed by atoms with Crippen molar-refractivity contribution in [3.63, 3.8) is 0 Å². The molecule has 1 aromatic carbocycles. The van der Waals surface area contributed by atoms with E-state index in [1.807, 2.05) is 12.3 Å². The van der Waals surface area contributed by atoms with E-state index in [9.17, 15) is 0 Å². The van der Waals surface area contributed by atoms with Gasteiger partial charge in [0.1, 0.15) is 11.6 Å². The van der Waals surface area contributed by atoms with Gasteiger partial charge in [-0.2, -0.15) is 0 Å². The predicted molar refractivity (Wildman–Crippen MR) is 130 cm³/mol.